The van der Waals surface area contributed by atoms with Gasteiger partial charge >= 0.3 is 0 Å². The minimum atomic E-state index is -1.27. The molecule has 0 aromatic rings. The third-order valence-corrected chi connectivity index (χ3v) is 0.386. The number of hydrogen-bond donors (Lipinski definition) is 1. The largest absolute Gasteiger partial charge is 0.311 e. The van der Waals surface area contributed by atoms with Gasteiger partial charge < -0.3 is 5.11 Å². The third-order valence-electron chi connectivity index (χ3n) is 0.129. The summed E-state index contributed by atoms with van der Waals surface area (Å²) >= 11 is 0. The topological polar surface area (TPSA) is 37.3 Å². The fourth-order valence-electron chi connectivity index (χ4n) is 0. The molecule has 0 saturated heterocycles. The second-order valence-corrected chi connectivity index (χ2v) is 1.64. The lowest BCUT2D eigenvalue weighted by Crippen LogP contribution is -1.57. The minimum absolute atomic E-state index is 1.27. The summed E-state index contributed by atoms with van der Waals surface area (Å²) in [7, 11) is -1.27. The predicted molar refractivity (Wildman–Crippen MR) is 19.9 cm³/mol. The molecule has 0 aromatic heterocycles. The summed E-state index contributed by atoms with van der Waals surface area (Å²) in [4.78, 5) is 0. The lowest BCUT2D eigenvalue weighted by atomic mass is 11.8. The Morgan fingerprint density at radius 2 is 2.20 bits per heavy atom. The van der Waals surface area contributed by atoms with E-state index in [1.165, 1.54) is 11.6 Å². The van der Waals surface area contributed by atoms with Gasteiger partial charge in [-0.3, -0.25) is 0 Å². The van der Waals surface area contributed by atoms with E-state index in [0.717, 1.165) is 0 Å². The Morgan fingerprint density at radius 1 is 2.00 bits per heavy atom. The molecule has 0 unspecified atom stereocenters. The molecule has 0 aliphatic rings. The number of aliphatic hydroxyl groups is 1. The van der Waals surface area contributed by atoms with E-state index < -0.39 is 10.2 Å². The van der Waals surface area contributed by atoms with E-state index in [1.54, 1.807) is 0 Å². The molecule has 0 bridgehead atoms. The van der Waals surface area contributed by atoms with Gasteiger partial charge in [0.2, 0.25) is 0 Å². The van der Waals surface area contributed by atoms with Crippen LogP contribution in [0, 0.1) is 5.37 Å². The Bertz CT molecular complexity index is 126. The highest BCUT2D eigenvalue weighted by atomic mass is 32.2. The van der Waals surface area contributed by atoms with Crippen LogP contribution >= 0.6 is 0 Å². The van der Waals surface area contributed by atoms with Crippen molar-refractivity contribution in [3.8, 4) is 5.37 Å². The van der Waals surface area contributed by atoms with Crippen LogP contribution in [0.3, 0.4) is 0 Å². The third kappa shape index (κ3) is 3.76. The van der Waals surface area contributed by atoms with Gasteiger partial charge in [0.25, 0.3) is 0 Å². The molecular formula is C2H4O2S. The molecule has 0 spiro atoms. The van der Waals surface area contributed by atoms with E-state index >= 15 is 0 Å². The molecule has 0 atom stereocenters. The smallest absolute Gasteiger partial charge is 0.0924 e. The van der Waals surface area contributed by atoms with E-state index in [2.05, 4.69) is 0 Å². The Balaban J connectivity index is 3.99. The zero-order valence-electron chi connectivity index (χ0n) is 2.76. The molecule has 0 fully saturated rings. The molecule has 0 aliphatic heterocycles. The van der Waals surface area contributed by atoms with Crippen LogP contribution in [0.4, 0.5) is 0 Å². The fourth-order valence-corrected chi connectivity index (χ4v) is 0. The summed E-state index contributed by atoms with van der Waals surface area (Å²) in [5, 5.41) is 9.09. The van der Waals surface area contributed by atoms with Crippen molar-refractivity contribution in [2.75, 3.05) is 6.26 Å². The Hall–Kier alpha value is -0.240. The molecule has 0 rings (SSSR count). The highest BCUT2D eigenvalue weighted by Gasteiger charge is 1.46. The summed E-state index contributed by atoms with van der Waals surface area (Å²) in [5.74, 6) is 0. The van der Waals surface area contributed by atoms with Crippen molar-refractivity contribution in [2.45, 2.75) is 0 Å². The van der Waals surface area contributed by atoms with Gasteiger partial charge in [-0.2, -0.15) is 0 Å². The van der Waals surface area contributed by atoms with Gasteiger partial charge in [0.15, 0.2) is 0 Å². The van der Waals surface area contributed by atoms with E-state index in [0.29, 0.717) is 0 Å². The van der Waals surface area contributed by atoms with Crippen molar-refractivity contribution < 1.29 is 9.32 Å². The highest BCUT2D eigenvalue weighted by molar-refractivity contribution is 7.73. The second-order valence-electron chi connectivity index (χ2n) is 0.545. The highest BCUT2D eigenvalue weighted by Crippen LogP contribution is 1.37. The van der Waals surface area contributed by atoms with Crippen molar-refractivity contribution >= 4 is 10.2 Å². The molecule has 0 aromatic carbocycles. The molecule has 0 aliphatic carbocycles. The van der Waals surface area contributed by atoms with Crippen molar-refractivity contribution in [3.63, 3.8) is 0 Å². The van der Waals surface area contributed by atoms with E-state index in [1.807, 2.05) is 0 Å². The lowest BCUT2D eigenvalue weighted by Gasteiger charge is -1.48. The van der Waals surface area contributed by atoms with Gasteiger partial charge in [0, 0.05) is 16.5 Å². The van der Waals surface area contributed by atoms with Crippen LogP contribution in [-0.4, -0.2) is 15.6 Å². The molecule has 0 heterocycles. The van der Waals surface area contributed by atoms with E-state index in [9.17, 15) is 4.21 Å². The Kier molecular flexibility index (Phi) is 1.93. The van der Waals surface area contributed by atoms with Crippen LogP contribution in [0.2, 0.25) is 0 Å². The predicted octanol–water partition coefficient (Wildman–Crippen LogP) is -0.346. The molecular weight excluding hydrogens is 88.1 g/mol. The van der Waals surface area contributed by atoms with Crippen LogP contribution in [0.1, 0.15) is 0 Å². The number of hydrogen-bond acceptors (Lipinski definition) is 2. The van der Waals surface area contributed by atoms with Gasteiger partial charge in [-0.1, -0.05) is 0 Å². The second kappa shape index (κ2) is 2.03. The Morgan fingerprint density at radius 3 is 2.20 bits per heavy atom. The standard InChI is InChI=1S/C2H4O2S/c1-5(4)2-3/h3H,1H3. The first-order chi connectivity index (χ1) is 2.27. The maximum Gasteiger partial charge on any atom is 0.0924 e. The van der Waals surface area contributed by atoms with Crippen molar-refractivity contribution in [1.29, 1.82) is 0 Å². The first kappa shape index (κ1) is 4.76. The summed E-state index contributed by atoms with van der Waals surface area (Å²) < 4.78 is 9.56. The van der Waals surface area contributed by atoms with Crippen molar-refractivity contribution in [2.24, 2.45) is 0 Å². The number of rotatable bonds is 0. The number of aliphatic hydroxyl groups excluding tert-OH is 1. The van der Waals surface area contributed by atoms with Gasteiger partial charge in [-0.25, -0.2) is 4.21 Å². The van der Waals surface area contributed by atoms with Gasteiger partial charge in [-0.15, -0.1) is 0 Å². The zero-order valence-corrected chi connectivity index (χ0v) is 3.58. The Labute approximate surface area is 32.1 Å². The first-order valence-electron chi connectivity index (χ1n) is 1.00. The molecule has 3 heteroatoms. The van der Waals surface area contributed by atoms with Crippen molar-refractivity contribution in [3.05, 3.63) is 0 Å². The SMILES string of the molecule is CS(=O)#CO. The minimum Gasteiger partial charge on any atom is -0.311 e. The molecule has 2 nitrogen and oxygen atoms in total. The maximum absolute atomic E-state index is 9.56. The van der Waals surface area contributed by atoms with Crippen molar-refractivity contribution in [1.82, 2.24) is 0 Å². The summed E-state index contributed by atoms with van der Waals surface area (Å²) in [6.07, 6.45) is 1.33. The monoisotopic (exact) mass is 92.0 g/mol. The molecule has 0 radical (unpaired) electrons. The average molecular weight is 92.1 g/mol. The van der Waals surface area contributed by atoms with Crippen LogP contribution in [0.25, 0.3) is 0 Å². The van der Waals surface area contributed by atoms with Crippen LogP contribution in [0.15, 0.2) is 0 Å². The van der Waals surface area contributed by atoms with Crippen LogP contribution in [-0.2, 0) is 10.2 Å². The lowest BCUT2D eigenvalue weighted by molar-refractivity contribution is 0.520. The summed E-state index contributed by atoms with van der Waals surface area (Å²) in [5.41, 5.74) is 0. The first-order valence-corrected chi connectivity index (χ1v) is 2.56. The van der Waals surface area contributed by atoms with Gasteiger partial charge in [-0.05, 0) is 0 Å². The molecule has 0 saturated carbocycles. The quantitative estimate of drug-likeness (QED) is 0.443. The summed E-state index contributed by atoms with van der Waals surface area (Å²) in [6.45, 7) is 0. The van der Waals surface area contributed by atoms with E-state index in [-0.39, 0.29) is 0 Å². The normalized spacial score (nSPS) is 6.00. The maximum atomic E-state index is 9.56. The summed E-state index contributed by atoms with van der Waals surface area (Å²) in [6, 6.07) is 0. The molecule has 5 heavy (non-hydrogen) atoms. The molecule has 0 amide bonds. The van der Waals surface area contributed by atoms with Gasteiger partial charge in [0.05, 0.1) is 5.37 Å². The molecule has 30 valence electrons. The fraction of sp³-hybridized carbons (Fsp3) is 0.500. The van der Waals surface area contributed by atoms with E-state index in [4.69, 9.17) is 5.11 Å². The van der Waals surface area contributed by atoms with Gasteiger partial charge in [0.1, 0.15) is 0 Å². The molecule has 1 N–H and O–H groups in total. The van der Waals surface area contributed by atoms with Crippen LogP contribution in [0.5, 0.6) is 0 Å². The zero-order chi connectivity index (χ0) is 4.28. The van der Waals surface area contributed by atoms with Crippen LogP contribution < -0.4 is 0 Å². The average Bonchev–Trinajstić information content (AvgIpc) is 1.38.